The van der Waals surface area contributed by atoms with Crippen molar-refractivity contribution < 1.29 is 4.39 Å². The number of hydrogen-bond acceptors (Lipinski definition) is 7. The summed E-state index contributed by atoms with van der Waals surface area (Å²) in [5.74, 6) is 0.00364. The van der Waals surface area contributed by atoms with E-state index in [0.29, 0.717) is 34.8 Å². The van der Waals surface area contributed by atoms with Gasteiger partial charge in [0.1, 0.15) is 11.5 Å². The minimum Gasteiger partial charge on any atom is -0.335 e. The first-order valence-corrected chi connectivity index (χ1v) is 13.3. The largest absolute Gasteiger partial charge is 0.335 e. The first-order chi connectivity index (χ1) is 19.2. The summed E-state index contributed by atoms with van der Waals surface area (Å²) in [7, 11) is 0. The topological polar surface area (TPSA) is 108 Å². The lowest BCUT2D eigenvalue weighted by atomic mass is 10.1. The molecular formula is C29H21FN8S. The first kappa shape index (κ1) is 23.3. The molecule has 0 saturated heterocycles. The number of halogens is 1. The SMILES string of the molecule is Fc1c(-c2cncc(CNCc3ccccc3)c2)cnc2n[nH]c(-c3nc4nccc(-c5ccsc5)c4[nH]3)c12. The molecule has 10 heteroatoms. The number of H-pyrrole nitrogens is 2. The summed E-state index contributed by atoms with van der Waals surface area (Å²) in [5, 5.41) is 14.9. The molecule has 39 heavy (non-hydrogen) atoms. The number of imidazole rings is 1. The predicted molar refractivity (Wildman–Crippen MR) is 150 cm³/mol. The molecule has 0 aliphatic rings. The fourth-order valence-electron chi connectivity index (χ4n) is 4.69. The van der Waals surface area contributed by atoms with Crippen molar-refractivity contribution in [1.82, 2.24) is 40.4 Å². The summed E-state index contributed by atoms with van der Waals surface area (Å²) >= 11 is 1.62. The second-order valence-electron chi connectivity index (χ2n) is 9.11. The van der Waals surface area contributed by atoms with Gasteiger partial charge in [0.2, 0.25) is 0 Å². The molecule has 0 saturated carbocycles. The highest BCUT2D eigenvalue weighted by Gasteiger charge is 2.21. The maximum atomic E-state index is 16.1. The molecule has 6 aromatic heterocycles. The van der Waals surface area contributed by atoms with Crippen molar-refractivity contribution in [2.45, 2.75) is 13.1 Å². The molecule has 0 fully saturated rings. The molecule has 1 aromatic carbocycles. The van der Waals surface area contributed by atoms with Crippen LogP contribution in [-0.4, -0.2) is 35.1 Å². The average Bonchev–Trinajstić information content (AvgIpc) is 3.74. The molecule has 8 nitrogen and oxygen atoms in total. The molecule has 0 radical (unpaired) electrons. The monoisotopic (exact) mass is 532 g/mol. The van der Waals surface area contributed by atoms with E-state index in [-0.39, 0.29) is 11.0 Å². The quantitative estimate of drug-likeness (QED) is 0.228. The zero-order valence-electron chi connectivity index (χ0n) is 20.5. The lowest BCUT2D eigenvalue weighted by Crippen LogP contribution is -2.12. The molecule has 0 bridgehead atoms. The van der Waals surface area contributed by atoms with E-state index >= 15 is 4.39 Å². The lowest BCUT2D eigenvalue weighted by molar-refractivity contribution is 0.642. The van der Waals surface area contributed by atoms with E-state index in [2.05, 4.69) is 57.9 Å². The Morgan fingerprint density at radius 3 is 2.64 bits per heavy atom. The maximum Gasteiger partial charge on any atom is 0.184 e. The standard InChI is InChI=1S/C29H21FN8S/c30-24-22(20-10-18(13-32-14-20)12-31-11-17-4-2-1-3-5-17)15-34-27-23(24)26(37-38-27)29-35-25-21(19-7-9-39-16-19)6-8-33-28(25)36-29/h1-10,13-16,31H,11-12H2,(H,33,35,36)(H,34,37,38). The molecule has 6 heterocycles. The van der Waals surface area contributed by atoms with E-state index in [1.807, 2.05) is 41.8 Å². The van der Waals surface area contributed by atoms with Crippen molar-refractivity contribution in [3.05, 3.63) is 101 Å². The highest BCUT2D eigenvalue weighted by atomic mass is 32.1. The van der Waals surface area contributed by atoms with E-state index in [4.69, 9.17) is 0 Å². The molecule has 0 spiro atoms. The fraction of sp³-hybridized carbons (Fsp3) is 0.0690. The van der Waals surface area contributed by atoms with E-state index in [1.54, 1.807) is 29.9 Å². The average molecular weight is 533 g/mol. The zero-order valence-corrected chi connectivity index (χ0v) is 21.3. The minimum absolute atomic E-state index is 0.260. The number of benzene rings is 1. The third kappa shape index (κ3) is 4.35. The Hall–Kier alpha value is -4.80. The van der Waals surface area contributed by atoms with Crippen LogP contribution in [0, 0.1) is 5.82 Å². The third-order valence-corrected chi connectivity index (χ3v) is 7.27. The Morgan fingerprint density at radius 1 is 0.872 bits per heavy atom. The van der Waals surface area contributed by atoms with Crippen molar-refractivity contribution >= 4 is 33.5 Å². The number of nitrogens with zero attached hydrogens (tertiary/aromatic N) is 5. The molecule has 0 amide bonds. The van der Waals surface area contributed by atoms with Crippen LogP contribution in [0.4, 0.5) is 4.39 Å². The Balaban J connectivity index is 1.23. The second kappa shape index (κ2) is 9.82. The Bertz CT molecular complexity index is 1910. The van der Waals surface area contributed by atoms with Crippen molar-refractivity contribution in [1.29, 1.82) is 0 Å². The molecule has 0 unspecified atom stereocenters. The van der Waals surface area contributed by atoms with Gasteiger partial charge in [0, 0.05) is 54.6 Å². The Labute approximate surface area is 226 Å². The molecule has 7 aromatic rings. The molecule has 0 aliphatic heterocycles. The zero-order chi connectivity index (χ0) is 26.2. The smallest absolute Gasteiger partial charge is 0.184 e. The minimum atomic E-state index is -0.439. The second-order valence-corrected chi connectivity index (χ2v) is 9.89. The van der Waals surface area contributed by atoms with Gasteiger partial charge in [-0.15, -0.1) is 0 Å². The van der Waals surface area contributed by atoms with Crippen molar-refractivity contribution in [2.24, 2.45) is 0 Å². The van der Waals surface area contributed by atoms with Gasteiger partial charge >= 0.3 is 0 Å². The van der Waals surface area contributed by atoms with E-state index in [9.17, 15) is 0 Å². The number of nitrogens with one attached hydrogen (secondary N) is 3. The molecule has 3 N–H and O–H groups in total. The van der Waals surface area contributed by atoms with Gasteiger partial charge in [-0.25, -0.2) is 19.3 Å². The predicted octanol–water partition coefficient (Wildman–Crippen LogP) is 6.12. The number of aromatic nitrogens is 7. The van der Waals surface area contributed by atoms with Gasteiger partial charge in [-0.2, -0.15) is 16.4 Å². The van der Waals surface area contributed by atoms with Crippen LogP contribution < -0.4 is 5.32 Å². The van der Waals surface area contributed by atoms with Crippen molar-refractivity contribution in [3.63, 3.8) is 0 Å². The molecule has 190 valence electrons. The van der Waals surface area contributed by atoms with Crippen LogP contribution >= 0.6 is 11.3 Å². The van der Waals surface area contributed by atoms with Crippen LogP contribution in [0.3, 0.4) is 0 Å². The molecule has 0 atom stereocenters. The van der Waals surface area contributed by atoms with Gasteiger partial charge in [0.05, 0.1) is 10.9 Å². The fourth-order valence-corrected chi connectivity index (χ4v) is 5.35. The Morgan fingerprint density at radius 2 is 1.77 bits per heavy atom. The Kier molecular flexibility index (Phi) is 5.87. The normalized spacial score (nSPS) is 11.5. The molecular weight excluding hydrogens is 511 g/mol. The number of aromatic amines is 2. The van der Waals surface area contributed by atoms with Crippen LogP contribution in [0.5, 0.6) is 0 Å². The number of thiophene rings is 1. The maximum absolute atomic E-state index is 16.1. The van der Waals surface area contributed by atoms with Gasteiger partial charge in [-0.1, -0.05) is 30.3 Å². The van der Waals surface area contributed by atoms with Gasteiger partial charge in [-0.3, -0.25) is 10.1 Å². The van der Waals surface area contributed by atoms with Crippen LogP contribution in [0.25, 0.3) is 56.0 Å². The van der Waals surface area contributed by atoms with E-state index in [0.717, 1.165) is 28.8 Å². The van der Waals surface area contributed by atoms with Gasteiger partial charge in [0.15, 0.2) is 17.1 Å². The number of fused-ring (bicyclic) bond motifs is 2. The van der Waals surface area contributed by atoms with Crippen LogP contribution in [0.15, 0.2) is 84.1 Å². The van der Waals surface area contributed by atoms with Crippen molar-refractivity contribution in [3.8, 4) is 33.8 Å². The summed E-state index contributed by atoms with van der Waals surface area (Å²) in [6.07, 6.45) is 6.64. The number of pyridine rings is 3. The summed E-state index contributed by atoms with van der Waals surface area (Å²) in [5.41, 5.74) is 7.17. The van der Waals surface area contributed by atoms with Crippen LogP contribution in [-0.2, 0) is 13.1 Å². The first-order valence-electron chi connectivity index (χ1n) is 12.3. The summed E-state index contributed by atoms with van der Waals surface area (Å²) < 4.78 is 16.1. The third-order valence-electron chi connectivity index (χ3n) is 6.59. The number of rotatable bonds is 7. The van der Waals surface area contributed by atoms with E-state index < -0.39 is 5.82 Å². The van der Waals surface area contributed by atoms with Crippen molar-refractivity contribution in [2.75, 3.05) is 0 Å². The molecule has 0 aliphatic carbocycles. The number of hydrogen-bond donors (Lipinski definition) is 3. The summed E-state index contributed by atoms with van der Waals surface area (Å²) in [6.45, 7) is 1.33. The lowest BCUT2D eigenvalue weighted by Gasteiger charge is -2.08. The highest BCUT2D eigenvalue weighted by molar-refractivity contribution is 7.08. The summed E-state index contributed by atoms with van der Waals surface area (Å²) in [4.78, 5) is 21.2. The summed E-state index contributed by atoms with van der Waals surface area (Å²) in [6, 6.07) is 16.1. The highest BCUT2D eigenvalue weighted by Crippen LogP contribution is 2.34. The van der Waals surface area contributed by atoms with Crippen LogP contribution in [0.2, 0.25) is 0 Å². The van der Waals surface area contributed by atoms with Crippen LogP contribution in [0.1, 0.15) is 11.1 Å². The van der Waals surface area contributed by atoms with E-state index in [1.165, 1.54) is 11.8 Å². The van der Waals surface area contributed by atoms with Gasteiger partial charge in [0.25, 0.3) is 0 Å². The molecule has 7 rings (SSSR count). The van der Waals surface area contributed by atoms with Gasteiger partial charge in [-0.05, 0) is 45.6 Å². The van der Waals surface area contributed by atoms with Gasteiger partial charge < -0.3 is 10.3 Å².